The van der Waals surface area contributed by atoms with E-state index in [2.05, 4.69) is 4.98 Å². The lowest BCUT2D eigenvalue weighted by atomic mass is 10.1. The van der Waals surface area contributed by atoms with Gasteiger partial charge in [0.2, 0.25) is 0 Å². The van der Waals surface area contributed by atoms with Gasteiger partial charge in [-0.3, -0.25) is 4.90 Å². The number of hydrogen-bond acceptors (Lipinski definition) is 3. The molecule has 3 rings (SSSR count). The minimum Gasteiger partial charge on any atom is -0.443 e. The number of amides is 1. The Labute approximate surface area is 117 Å². The fourth-order valence-electron chi connectivity index (χ4n) is 2.11. The van der Waals surface area contributed by atoms with E-state index in [1.165, 1.54) is 0 Å². The van der Waals surface area contributed by atoms with Crippen molar-refractivity contribution in [2.75, 3.05) is 0 Å². The number of aryl methyl sites for hydroxylation is 1. The normalized spacial score (nSPS) is 13.2. The molecule has 0 saturated carbocycles. The van der Waals surface area contributed by atoms with Crippen LogP contribution in [0.15, 0.2) is 43.0 Å². The van der Waals surface area contributed by atoms with Crippen LogP contribution in [0.25, 0.3) is 6.08 Å². The maximum Gasteiger partial charge on any atom is 0.414 e. The van der Waals surface area contributed by atoms with Crippen LogP contribution in [0.1, 0.15) is 16.8 Å². The van der Waals surface area contributed by atoms with E-state index in [-0.39, 0.29) is 12.7 Å². The molecule has 1 amide bonds. The standard InChI is InChI=1S/C15H15N3O2/c1-17-11-16-8-14(17)10-20-15(19)18-7-6-12-4-2-3-5-13(12)9-18/h2-8,11H,9-10H2,1H3. The summed E-state index contributed by atoms with van der Waals surface area (Å²) in [6.07, 6.45) is 6.70. The highest BCUT2D eigenvalue weighted by molar-refractivity contribution is 5.72. The highest BCUT2D eigenvalue weighted by Crippen LogP contribution is 2.19. The van der Waals surface area contributed by atoms with Gasteiger partial charge in [0.15, 0.2) is 0 Å². The Morgan fingerprint density at radius 2 is 2.25 bits per heavy atom. The number of hydrogen-bond donors (Lipinski definition) is 0. The predicted molar refractivity (Wildman–Crippen MR) is 74.4 cm³/mol. The Hall–Kier alpha value is -2.56. The van der Waals surface area contributed by atoms with Crippen molar-refractivity contribution in [3.63, 3.8) is 0 Å². The number of benzene rings is 1. The average molecular weight is 269 g/mol. The van der Waals surface area contributed by atoms with Crippen molar-refractivity contribution in [3.8, 4) is 0 Å². The van der Waals surface area contributed by atoms with Crippen LogP contribution >= 0.6 is 0 Å². The molecular formula is C15H15N3O2. The molecule has 1 aliphatic heterocycles. The summed E-state index contributed by atoms with van der Waals surface area (Å²) in [5.41, 5.74) is 3.12. The summed E-state index contributed by atoms with van der Waals surface area (Å²) in [5, 5.41) is 0. The number of rotatable bonds is 2. The Kier molecular flexibility index (Phi) is 3.25. The molecule has 0 radical (unpaired) electrons. The first-order chi connectivity index (χ1) is 9.74. The largest absolute Gasteiger partial charge is 0.443 e. The number of carbonyl (C=O) groups excluding carboxylic acids is 1. The highest BCUT2D eigenvalue weighted by atomic mass is 16.6. The lowest BCUT2D eigenvalue weighted by molar-refractivity contribution is 0.107. The van der Waals surface area contributed by atoms with Gasteiger partial charge >= 0.3 is 6.09 Å². The molecule has 2 heterocycles. The molecule has 5 heteroatoms. The Balaban J connectivity index is 1.64. The maximum atomic E-state index is 12.0. The van der Waals surface area contributed by atoms with Crippen LogP contribution in [-0.2, 0) is 24.9 Å². The van der Waals surface area contributed by atoms with E-state index in [0.29, 0.717) is 6.54 Å². The smallest absolute Gasteiger partial charge is 0.414 e. The number of nitrogens with zero attached hydrogens (tertiary/aromatic N) is 3. The van der Waals surface area contributed by atoms with Crippen LogP contribution in [0.5, 0.6) is 0 Å². The van der Waals surface area contributed by atoms with E-state index in [9.17, 15) is 4.79 Å². The number of imidazole rings is 1. The molecule has 102 valence electrons. The zero-order valence-electron chi connectivity index (χ0n) is 11.2. The number of ether oxygens (including phenoxy) is 1. The van der Waals surface area contributed by atoms with Crippen molar-refractivity contribution in [2.45, 2.75) is 13.2 Å². The van der Waals surface area contributed by atoms with Crippen molar-refractivity contribution in [3.05, 3.63) is 59.8 Å². The van der Waals surface area contributed by atoms with Crippen LogP contribution in [-0.4, -0.2) is 20.5 Å². The molecule has 20 heavy (non-hydrogen) atoms. The van der Waals surface area contributed by atoms with Gasteiger partial charge < -0.3 is 9.30 Å². The van der Waals surface area contributed by atoms with Gasteiger partial charge in [0, 0.05) is 13.2 Å². The third-order valence-electron chi connectivity index (χ3n) is 3.32. The van der Waals surface area contributed by atoms with E-state index in [1.807, 2.05) is 42.0 Å². The van der Waals surface area contributed by atoms with E-state index < -0.39 is 0 Å². The van der Waals surface area contributed by atoms with Crippen molar-refractivity contribution in [2.24, 2.45) is 7.05 Å². The quantitative estimate of drug-likeness (QED) is 0.841. The van der Waals surface area contributed by atoms with Crippen LogP contribution in [0.4, 0.5) is 4.79 Å². The fraction of sp³-hybridized carbons (Fsp3) is 0.200. The van der Waals surface area contributed by atoms with Crippen LogP contribution in [0.2, 0.25) is 0 Å². The van der Waals surface area contributed by atoms with Crippen LogP contribution in [0.3, 0.4) is 0 Å². The molecule has 1 aliphatic rings. The van der Waals surface area contributed by atoms with E-state index in [0.717, 1.165) is 16.8 Å². The van der Waals surface area contributed by atoms with Crippen molar-refractivity contribution in [1.29, 1.82) is 0 Å². The third-order valence-corrected chi connectivity index (χ3v) is 3.32. The topological polar surface area (TPSA) is 47.4 Å². The first kappa shape index (κ1) is 12.5. The molecule has 0 bridgehead atoms. The molecule has 2 aromatic rings. The summed E-state index contributed by atoms with van der Waals surface area (Å²) in [7, 11) is 1.87. The summed E-state index contributed by atoms with van der Waals surface area (Å²) in [6.45, 7) is 0.762. The minimum atomic E-state index is -0.350. The lowest BCUT2D eigenvalue weighted by Gasteiger charge is -2.22. The van der Waals surface area contributed by atoms with Gasteiger partial charge in [-0.2, -0.15) is 0 Å². The monoisotopic (exact) mass is 269 g/mol. The summed E-state index contributed by atoms with van der Waals surface area (Å²) in [5.74, 6) is 0. The Morgan fingerprint density at radius 3 is 3.05 bits per heavy atom. The highest BCUT2D eigenvalue weighted by Gasteiger charge is 2.17. The van der Waals surface area contributed by atoms with Gasteiger partial charge in [0.05, 0.1) is 24.8 Å². The molecule has 0 spiro atoms. The zero-order valence-corrected chi connectivity index (χ0v) is 11.2. The minimum absolute atomic E-state index is 0.224. The first-order valence-electron chi connectivity index (χ1n) is 6.39. The van der Waals surface area contributed by atoms with Gasteiger partial charge in [-0.15, -0.1) is 0 Å². The maximum absolute atomic E-state index is 12.0. The summed E-state index contributed by atoms with van der Waals surface area (Å²) < 4.78 is 7.12. The van der Waals surface area contributed by atoms with Crippen molar-refractivity contribution < 1.29 is 9.53 Å². The van der Waals surface area contributed by atoms with Crippen molar-refractivity contribution in [1.82, 2.24) is 14.5 Å². The number of carbonyl (C=O) groups is 1. The average Bonchev–Trinajstić information content (AvgIpc) is 2.89. The fourth-order valence-corrected chi connectivity index (χ4v) is 2.11. The molecule has 0 atom stereocenters. The SMILES string of the molecule is Cn1cncc1COC(=O)N1C=Cc2ccccc2C1. The summed E-state index contributed by atoms with van der Waals surface area (Å²) in [4.78, 5) is 17.6. The van der Waals surface area contributed by atoms with Gasteiger partial charge in [0.1, 0.15) is 6.61 Å². The van der Waals surface area contributed by atoms with Gasteiger partial charge in [-0.25, -0.2) is 9.78 Å². The molecular weight excluding hydrogens is 254 g/mol. The number of fused-ring (bicyclic) bond motifs is 1. The molecule has 0 saturated heterocycles. The summed E-state index contributed by atoms with van der Waals surface area (Å²) >= 11 is 0. The second-order valence-corrected chi connectivity index (χ2v) is 4.69. The molecule has 0 fully saturated rings. The third kappa shape index (κ3) is 2.42. The summed E-state index contributed by atoms with van der Waals surface area (Å²) in [6, 6.07) is 8.00. The zero-order chi connectivity index (χ0) is 13.9. The first-order valence-corrected chi connectivity index (χ1v) is 6.39. The molecule has 0 N–H and O–H groups in total. The second-order valence-electron chi connectivity index (χ2n) is 4.69. The predicted octanol–water partition coefficient (Wildman–Crippen LogP) is 2.54. The van der Waals surface area contributed by atoms with E-state index >= 15 is 0 Å². The molecule has 5 nitrogen and oxygen atoms in total. The number of aromatic nitrogens is 2. The molecule has 1 aromatic heterocycles. The molecule has 1 aromatic carbocycles. The van der Waals surface area contributed by atoms with Crippen LogP contribution < -0.4 is 0 Å². The Bertz CT molecular complexity index is 661. The van der Waals surface area contributed by atoms with Gasteiger partial charge in [0.25, 0.3) is 0 Å². The Morgan fingerprint density at radius 1 is 1.40 bits per heavy atom. The van der Waals surface area contributed by atoms with E-state index in [1.54, 1.807) is 23.6 Å². The lowest BCUT2D eigenvalue weighted by Crippen LogP contribution is -2.28. The van der Waals surface area contributed by atoms with Gasteiger partial charge in [-0.1, -0.05) is 24.3 Å². The van der Waals surface area contributed by atoms with Gasteiger partial charge in [-0.05, 0) is 17.2 Å². The molecule has 0 aliphatic carbocycles. The van der Waals surface area contributed by atoms with Crippen molar-refractivity contribution >= 4 is 12.2 Å². The van der Waals surface area contributed by atoms with Crippen LogP contribution in [0, 0.1) is 0 Å². The second kappa shape index (κ2) is 5.21. The molecule has 0 unspecified atom stereocenters. The van der Waals surface area contributed by atoms with E-state index in [4.69, 9.17) is 4.74 Å².